The SMILES string of the molecule is Cc1cccc(NC(=O)CCN2C(=S)N[C@@H](c3ccccn3)[C@@H]2c2cc(C)n(-c3cc(C(=O)O)ccc3C)c2C)c1. The van der Waals surface area contributed by atoms with E-state index < -0.39 is 5.97 Å². The van der Waals surface area contributed by atoms with Gasteiger partial charge in [0.2, 0.25) is 5.91 Å². The molecule has 210 valence electrons. The van der Waals surface area contributed by atoms with Gasteiger partial charge in [0.05, 0.1) is 23.3 Å². The Morgan fingerprint density at radius 3 is 2.54 bits per heavy atom. The maximum Gasteiger partial charge on any atom is 0.335 e. The third-order valence-electron chi connectivity index (χ3n) is 7.57. The highest BCUT2D eigenvalue weighted by Crippen LogP contribution is 2.41. The van der Waals surface area contributed by atoms with E-state index in [0.717, 1.165) is 45.1 Å². The highest BCUT2D eigenvalue weighted by Gasteiger charge is 2.41. The number of aromatic carboxylic acids is 1. The number of aromatic nitrogens is 2. The number of carbonyl (C=O) groups excluding carboxylic acids is 1. The standard InChI is InChI=1S/C32H33N5O3S/c1-19-8-7-9-24(16-19)34-28(38)13-15-36-30(29(35-32(36)41)26-10-5-6-14-33-26)25-17-21(3)37(22(25)4)27-18-23(31(39)40)12-11-20(27)2/h5-12,14,16-18,29-30H,13,15H2,1-4H3,(H,34,38)(H,35,41)(H,39,40)/t29-,30-/m0/s1. The summed E-state index contributed by atoms with van der Waals surface area (Å²) >= 11 is 5.82. The summed E-state index contributed by atoms with van der Waals surface area (Å²) in [4.78, 5) is 31.4. The van der Waals surface area contributed by atoms with E-state index in [2.05, 4.69) is 31.2 Å². The van der Waals surface area contributed by atoms with Crippen molar-refractivity contribution >= 4 is 34.9 Å². The van der Waals surface area contributed by atoms with Crippen molar-refractivity contribution in [1.82, 2.24) is 19.8 Å². The minimum Gasteiger partial charge on any atom is -0.478 e. The van der Waals surface area contributed by atoms with Gasteiger partial charge in [0.25, 0.3) is 0 Å². The molecule has 1 aliphatic heterocycles. The average molecular weight is 568 g/mol. The number of pyridine rings is 1. The van der Waals surface area contributed by atoms with Crippen molar-refractivity contribution in [2.75, 3.05) is 11.9 Å². The van der Waals surface area contributed by atoms with Gasteiger partial charge in [0, 0.05) is 41.9 Å². The van der Waals surface area contributed by atoms with Crippen LogP contribution >= 0.6 is 12.2 Å². The van der Waals surface area contributed by atoms with E-state index >= 15 is 0 Å². The Labute approximate surface area is 245 Å². The number of hydrogen-bond donors (Lipinski definition) is 3. The molecule has 0 bridgehead atoms. The first-order valence-corrected chi connectivity index (χ1v) is 13.9. The van der Waals surface area contributed by atoms with E-state index in [1.807, 2.05) is 76.2 Å². The van der Waals surface area contributed by atoms with Crippen molar-refractivity contribution in [1.29, 1.82) is 0 Å². The quantitative estimate of drug-likeness (QED) is 0.231. The van der Waals surface area contributed by atoms with Crippen LogP contribution in [0.3, 0.4) is 0 Å². The molecule has 5 rings (SSSR count). The van der Waals surface area contributed by atoms with Gasteiger partial charge in [-0.3, -0.25) is 9.78 Å². The highest BCUT2D eigenvalue weighted by atomic mass is 32.1. The molecule has 0 spiro atoms. The van der Waals surface area contributed by atoms with Crippen LogP contribution < -0.4 is 10.6 Å². The molecule has 0 radical (unpaired) electrons. The van der Waals surface area contributed by atoms with E-state index in [1.54, 1.807) is 18.3 Å². The zero-order chi connectivity index (χ0) is 29.3. The molecular weight excluding hydrogens is 534 g/mol. The minimum absolute atomic E-state index is 0.0926. The fourth-order valence-electron chi connectivity index (χ4n) is 5.59. The van der Waals surface area contributed by atoms with Crippen LogP contribution in [0.25, 0.3) is 5.69 Å². The van der Waals surface area contributed by atoms with E-state index in [4.69, 9.17) is 12.2 Å². The molecule has 0 aliphatic carbocycles. The van der Waals surface area contributed by atoms with Crippen LogP contribution in [0, 0.1) is 27.7 Å². The van der Waals surface area contributed by atoms with Crippen molar-refractivity contribution in [2.24, 2.45) is 0 Å². The molecule has 9 heteroatoms. The van der Waals surface area contributed by atoms with Crippen LogP contribution in [-0.4, -0.2) is 43.1 Å². The molecule has 2 aromatic carbocycles. The lowest BCUT2D eigenvalue weighted by Gasteiger charge is -2.28. The maximum atomic E-state index is 13.0. The summed E-state index contributed by atoms with van der Waals surface area (Å²) in [6.07, 6.45) is 2.01. The van der Waals surface area contributed by atoms with Crippen molar-refractivity contribution in [3.8, 4) is 5.69 Å². The van der Waals surface area contributed by atoms with Gasteiger partial charge in [-0.15, -0.1) is 0 Å². The molecule has 2 atom stereocenters. The Balaban J connectivity index is 1.51. The minimum atomic E-state index is -0.968. The van der Waals surface area contributed by atoms with Crippen LogP contribution in [0.5, 0.6) is 0 Å². The lowest BCUT2D eigenvalue weighted by atomic mass is 9.96. The smallest absolute Gasteiger partial charge is 0.335 e. The summed E-state index contributed by atoms with van der Waals surface area (Å²) in [5.74, 6) is -1.06. The number of carboxylic acids is 1. The molecule has 1 amide bonds. The number of nitrogens with zero attached hydrogens (tertiary/aromatic N) is 3. The molecule has 1 aliphatic rings. The zero-order valence-electron chi connectivity index (χ0n) is 23.5. The Kier molecular flexibility index (Phi) is 7.90. The largest absolute Gasteiger partial charge is 0.478 e. The molecule has 4 aromatic rings. The van der Waals surface area contributed by atoms with Crippen LogP contribution in [0.2, 0.25) is 0 Å². The predicted molar refractivity (Wildman–Crippen MR) is 164 cm³/mol. The first-order valence-electron chi connectivity index (χ1n) is 13.5. The van der Waals surface area contributed by atoms with E-state index in [9.17, 15) is 14.7 Å². The summed E-state index contributed by atoms with van der Waals surface area (Å²) < 4.78 is 2.09. The van der Waals surface area contributed by atoms with Crippen LogP contribution in [0.15, 0.2) is 72.9 Å². The van der Waals surface area contributed by atoms with Crippen LogP contribution in [0.4, 0.5) is 5.69 Å². The van der Waals surface area contributed by atoms with Crippen LogP contribution in [-0.2, 0) is 4.79 Å². The van der Waals surface area contributed by atoms with Crippen LogP contribution in [0.1, 0.15) is 62.6 Å². The number of amides is 1. The number of anilines is 1. The molecule has 1 saturated heterocycles. The van der Waals surface area contributed by atoms with Crippen molar-refractivity contribution in [3.63, 3.8) is 0 Å². The molecule has 8 nitrogen and oxygen atoms in total. The number of hydrogen-bond acceptors (Lipinski definition) is 4. The lowest BCUT2D eigenvalue weighted by molar-refractivity contribution is -0.116. The number of nitrogens with one attached hydrogen (secondary N) is 2. The number of thiocarbonyl (C=S) groups is 1. The summed E-state index contributed by atoms with van der Waals surface area (Å²) in [7, 11) is 0. The number of carboxylic acid groups (broad SMARTS) is 1. The van der Waals surface area contributed by atoms with Gasteiger partial charge in [-0.2, -0.15) is 0 Å². The summed E-state index contributed by atoms with van der Waals surface area (Å²) in [6.45, 7) is 8.42. The van der Waals surface area contributed by atoms with Crippen molar-refractivity contribution in [3.05, 3.63) is 112 Å². The third kappa shape index (κ3) is 5.71. The topological polar surface area (TPSA) is 99.5 Å². The third-order valence-corrected chi connectivity index (χ3v) is 7.92. The van der Waals surface area contributed by atoms with E-state index in [0.29, 0.717) is 11.7 Å². The predicted octanol–water partition coefficient (Wildman–Crippen LogP) is 5.81. The molecule has 3 heterocycles. The van der Waals surface area contributed by atoms with Gasteiger partial charge in [-0.1, -0.05) is 24.3 Å². The average Bonchev–Trinajstić information content (AvgIpc) is 3.42. The highest BCUT2D eigenvalue weighted by molar-refractivity contribution is 7.80. The first kappa shape index (κ1) is 28.0. The number of benzene rings is 2. The lowest BCUT2D eigenvalue weighted by Crippen LogP contribution is -2.32. The first-order chi connectivity index (χ1) is 19.6. The monoisotopic (exact) mass is 567 g/mol. The fraction of sp³-hybridized carbons (Fsp3) is 0.250. The van der Waals surface area contributed by atoms with Crippen molar-refractivity contribution < 1.29 is 14.7 Å². The maximum absolute atomic E-state index is 13.0. The Morgan fingerprint density at radius 1 is 1.02 bits per heavy atom. The zero-order valence-corrected chi connectivity index (χ0v) is 24.3. The van der Waals surface area contributed by atoms with Gasteiger partial charge < -0.3 is 25.2 Å². The number of rotatable bonds is 8. The second kappa shape index (κ2) is 11.5. The Morgan fingerprint density at radius 2 is 1.83 bits per heavy atom. The van der Waals surface area contributed by atoms with Gasteiger partial charge >= 0.3 is 5.97 Å². The van der Waals surface area contributed by atoms with E-state index in [-0.39, 0.29) is 30.0 Å². The Hall–Kier alpha value is -4.50. The normalized spacial score (nSPS) is 16.5. The number of aryl methyl sites for hydroxylation is 3. The summed E-state index contributed by atoms with van der Waals surface area (Å²) in [5.41, 5.74) is 7.68. The summed E-state index contributed by atoms with van der Waals surface area (Å²) in [5, 5.41) is 16.6. The fourth-order valence-corrected chi connectivity index (χ4v) is 5.93. The van der Waals surface area contributed by atoms with Crippen molar-refractivity contribution in [2.45, 2.75) is 46.2 Å². The molecule has 41 heavy (non-hydrogen) atoms. The van der Waals surface area contributed by atoms with E-state index in [1.165, 1.54) is 0 Å². The van der Waals surface area contributed by atoms with Gasteiger partial charge in [0.15, 0.2) is 5.11 Å². The molecule has 0 unspecified atom stereocenters. The summed E-state index contributed by atoms with van der Waals surface area (Å²) in [6, 6.07) is 20.4. The van der Waals surface area contributed by atoms with Gasteiger partial charge in [-0.05, 0) is 99.1 Å². The molecule has 3 N–H and O–H groups in total. The molecule has 2 aromatic heterocycles. The molecular formula is C32H33N5O3S. The second-order valence-corrected chi connectivity index (χ2v) is 10.8. The van der Waals surface area contributed by atoms with Gasteiger partial charge in [-0.25, -0.2) is 4.79 Å². The molecule has 1 fully saturated rings. The second-order valence-electron chi connectivity index (χ2n) is 10.5. The Bertz CT molecular complexity index is 1630. The number of carbonyl (C=O) groups is 2. The van der Waals surface area contributed by atoms with Gasteiger partial charge in [0.1, 0.15) is 0 Å². The molecule has 0 saturated carbocycles.